The third-order valence-corrected chi connectivity index (χ3v) is 1.60. The second kappa shape index (κ2) is 4.00. The molecule has 3 N–H and O–H groups in total. The number of benzene rings is 1. The van der Waals surface area contributed by atoms with E-state index in [1.54, 1.807) is 0 Å². The quantitative estimate of drug-likeness (QED) is 0.713. The fourth-order valence-electron chi connectivity index (χ4n) is 1.07. The minimum atomic E-state index is -0.835. The normalized spacial score (nSPS) is 10.0. The SMILES string of the molecule is NC(=O)c1c(F)cccc1[CH]CO. The predicted octanol–water partition coefficient (Wildman–Crippen LogP) is 0.469. The van der Waals surface area contributed by atoms with Crippen LogP contribution in [0.25, 0.3) is 0 Å². The van der Waals surface area contributed by atoms with Crippen molar-refractivity contribution in [3.8, 4) is 0 Å². The number of hydrogen-bond acceptors (Lipinski definition) is 2. The van der Waals surface area contributed by atoms with Crippen molar-refractivity contribution < 1.29 is 14.3 Å². The van der Waals surface area contributed by atoms with Crippen LogP contribution in [0.4, 0.5) is 4.39 Å². The van der Waals surface area contributed by atoms with E-state index in [9.17, 15) is 9.18 Å². The molecule has 0 saturated carbocycles. The van der Waals surface area contributed by atoms with Crippen molar-refractivity contribution in [2.45, 2.75) is 0 Å². The van der Waals surface area contributed by atoms with Crippen molar-refractivity contribution in [1.29, 1.82) is 0 Å². The van der Waals surface area contributed by atoms with Crippen molar-refractivity contribution in [2.75, 3.05) is 6.61 Å². The van der Waals surface area contributed by atoms with Gasteiger partial charge in [0, 0.05) is 6.42 Å². The molecule has 1 rings (SSSR count). The molecule has 0 heterocycles. The molecular formula is C9H9FNO2. The van der Waals surface area contributed by atoms with Gasteiger partial charge in [0.1, 0.15) is 5.82 Å². The molecule has 1 aromatic rings. The Kier molecular flexibility index (Phi) is 2.97. The Labute approximate surface area is 75.0 Å². The lowest BCUT2D eigenvalue weighted by molar-refractivity contribution is 0.0996. The summed E-state index contributed by atoms with van der Waals surface area (Å²) in [6, 6.07) is 4.11. The largest absolute Gasteiger partial charge is 0.396 e. The summed E-state index contributed by atoms with van der Waals surface area (Å²) in [7, 11) is 0. The van der Waals surface area contributed by atoms with Crippen LogP contribution in [-0.2, 0) is 0 Å². The summed E-state index contributed by atoms with van der Waals surface area (Å²) in [6.45, 7) is -0.260. The number of rotatable bonds is 3. The Hall–Kier alpha value is -1.42. The molecule has 0 spiro atoms. The summed E-state index contributed by atoms with van der Waals surface area (Å²) in [5.41, 5.74) is 5.10. The fraction of sp³-hybridized carbons (Fsp3) is 0.111. The zero-order valence-corrected chi connectivity index (χ0v) is 6.83. The van der Waals surface area contributed by atoms with Crippen LogP contribution < -0.4 is 5.73 Å². The molecule has 0 aliphatic heterocycles. The zero-order valence-electron chi connectivity index (χ0n) is 6.83. The highest BCUT2D eigenvalue weighted by Crippen LogP contribution is 2.14. The highest BCUT2D eigenvalue weighted by atomic mass is 19.1. The van der Waals surface area contributed by atoms with E-state index in [1.807, 2.05) is 0 Å². The van der Waals surface area contributed by atoms with E-state index in [2.05, 4.69) is 0 Å². The maximum atomic E-state index is 13.0. The second-order valence-corrected chi connectivity index (χ2v) is 2.46. The molecule has 0 atom stereocenters. The zero-order chi connectivity index (χ0) is 9.84. The van der Waals surface area contributed by atoms with Gasteiger partial charge in [0.2, 0.25) is 0 Å². The van der Waals surface area contributed by atoms with E-state index in [1.165, 1.54) is 18.6 Å². The summed E-state index contributed by atoms with van der Waals surface area (Å²) in [4.78, 5) is 10.8. The van der Waals surface area contributed by atoms with E-state index < -0.39 is 11.7 Å². The average Bonchev–Trinajstić information content (AvgIpc) is 2.04. The van der Waals surface area contributed by atoms with Gasteiger partial charge in [-0.3, -0.25) is 4.79 Å². The van der Waals surface area contributed by atoms with Gasteiger partial charge in [-0.25, -0.2) is 4.39 Å². The number of aliphatic hydroxyl groups excluding tert-OH is 1. The Morgan fingerprint density at radius 1 is 1.62 bits per heavy atom. The lowest BCUT2D eigenvalue weighted by Crippen LogP contribution is -2.16. The van der Waals surface area contributed by atoms with Crippen LogP contribution in [-0.4, -0.2) is 17.6 Å². The molecule has 13 heavy (non-hydrogen) atoms. The number of primary amides is 1. The van der Waals surface area contributed by atoms with E-state index in [0.29, 0.717) is 5.56 Å². The molecular weight excluding hydrogens is 173 g/mol. The summed E-state index contributed by atoms with van der Waals surface area (Å²) < 4.78 is 13.0. The maximum absolute atomic E-state index is 13.0. The Morgan fingerprint density at radius 2 is 2.31 bits per heavy atom. The third-order valence-electron chi connectivity index (χ3n) is 1.60. The van der Waals surface area contributed by atoms with Gasteiger partial charge in [-0.05, 0) is 11.6 Å². The van der Waals surface area contributed by atoms with E-state index in [0.717, 1.165) is 6.07 Å². The van der Waals surface area contributed by atoms with Crippen molar-refractivity contribution in [3.63, 3.8) is 0 Å². The van der Waals surface area contributed by atoms with E-state index in [-0.39, 0.29) is 12.2 Å². The Bertz CT molecular complexity index is 325. The first-order chi connectivity index (χ1) is 6.16. The molecule has 0 unspecified atom stereocenters. The molecule has 3 nitrogen and oxygen atoms in total. The lowest BCUT2D eigenvalue weighted by atomic mass is 10.0. The number of nitrogens with two attached hydrogens (primary N) is 1. The molecule has 0 bridgehead atoms. The minimum Gasteiger partial charge on any atom is -0.396 e. The minimum absolute atomic E-state index is 0.184. The topological polar surface area (TPSA) is 63.3 Å². The van der Waals surface area contributed by atoms with Crippen molar-refractivity contribution in [3.05, 3.63) is 41.6 Å². The first-order valence-corrected chi connectivity index (χ1v) is 3.69. The van der Waals surface area contributed by atoms with Gasteiger partial charge in [-0.15, -0.1) is 0 Å². The summed E-state index contributed by atoms with van der Waals surface area (Å²) in [6.07, 6.45) is 1.32. The molecule has 69 valence electrons. The molecule has 0 aliphatic carbocycles. The lowest BCUT2D eigenvalue weighted by Gasteiger charge is -2.04. The van der Waals surface area contributed by atoms with Crippen LogP contribution >= 0.6 is 0 Å². The number of halogens is 1. The van der Waals surface area contributed by atoms with Crippen molar-refractivity contribution in [2.24, 2.45) is 5.73 Å². The standard InChI is InChI=1S/C9H9FNO2/c10-7-3-1-2-6(4-5-12)8(7)9(11)13/h1-4,12H,5H2,(H2,11,13). The second-order valence-electron chi connectivity index (χ2n) is 2.46. The van der Waals surface area contributed by atoms with Crippen molar-refractivity contribution >= 4 is 5.91 Å². The Balaban J connectivity index is 3.17. The van der Waals surface area contributed by atoms with Crippen molar-refractivity contribution in [1.82, 2.24) is 0 Å². The third kappa shape index (κ3) is 2.03. The first-order valence-electron chi connectivity index (χ1n) is 3.69. The Morgan fingerprint density at radius 3 is 2.85 bits per heavy atom. The first kappa shape index (κ1) is 9.67. The summed E-state index contributed by atoms with van der Waals surface area (Å²) >= 11 is 0. The summed E-state index contributed by atoms with van der Waals surface area (Å²) in [5, 5.41) is 8.59. The van der Waals surface area contributed by atoms with Gasteiger partial charge in [0.15, 0.2) is 0 Å². The van der Waals surface area contributed by atoms with Crippen LogP contribution in [0.15, 0.2) is 18.2 Å². The molecule has 0 saturated heterocycles. The van der Waals surface area contributed by atoms with Gasteiger partial charge in [-0.1, -0.05) is 12.1 Å². The van der Waals surface area contributed by atoms with Gasteiger partial charge >= 0.3 is 0 Å². The van der Waals surface area contributed by atoms with Gasteiger partial charge in [-0.2, -0.15) is 0 Å². The smallest absolute Gasteiger partial charge is 0.251 e. The number of aliphatic hydroxyl groups is 1. The monoisotopic (exact) mass is 182 g/mol. The van der Waals surface area contributed by atoms with Crippen LogP contribution in [0, 0.1) is 12.2 Å². The van der Waals surface area contributed by atoms with E-state index in [4.69, 9.17) is 10.8 Å². The molecule has 0 aromatic heterocycles. The van der Waals surface area contributed by atoms with Gasteiger partial charge in [0.25, 0.3) is 5.91 Å². The van der Waals surface area contributed by atoms with E-state index >= 15 is 0 Å². The highest BCUT2D eigenvalue weighted by molar-refractivity contribution is 5.95. The van der Waals surface area contributed by atoms with Crippen LogP contribution in [0.5, 0.6) is 0 Å². The molecule has 4 heteroatoms. The molecule has 1 aromatic carbocycles. The molecule has 0 aliphatic rings. The predicted molar refractivity (Wildman–Crippen MR) is 45.4 cm³/mol. The molecule has 0 fully saturated rings. The molecule has 1 radical (unpaired) electrons. The average molecular weight is 182 g/mol. The van der Waals surface area contributed by atoms with Crippen LogP contribution in [0.1, 0.15) is 15.9 Å². The van der Waals surface area contributed by atoms with Crippen LogP contribution in [0.3, 0.4) is 0 Å². The number of carbonyl (C=O) groups excluding carboxylic acids is 1. The number of carbonyl (C=O) groups is 1. The van der Waals surface area contributed by atoms with Gasteiger partial charge < -0.3 is 10.8 Å². The van der Waals surface area contributed by atoms with Gasteiger partial charge in [0.05, 0.1) is 12.2 Å². The maximum Gasteiger partial charge on any atom is 0.251 e. The number of hydrogen-bond donors (Lipinski definition) is 2. The highest BCUT2D eigenvalue weighted by Gasteiger charge is 2.12. The van der Waals surface area contributed by atoms with Crippen LogP contribution in [0.2, 0.25) is 0 Å². The summed E-state index contributed by atoms with van der Waals surface area (Å²) in [5.74, 6) is -1.51. The number of amides is 1. The fourth-order valence-corrected chi connectivity index (χ4v) is 1.07. The molecule has 1 amide bonds.